The normalized spacial score (nSPS) is 12.3. The molecule has 0 aliphatic heterocycles. The molecule has 1 aliphatic rings. The van der Waals surface area contributed by atoms with Gasteiger partial charge in [0.05, 0.1) is 10.8 Å². The van der Waals surface area contributed by atoms with Gasteiger partial charge in [-0.25, -0.2) is 0 Å². The average molecular weight is 372 g/mol. The van der Waals surface area contributed by atoms with E-state index >= 15 is 0 Å². The molecule has 0 bridgehead atoms. The molecule has 27 heavy (non-hydrogen) atoms. The summed E-state index contributed by atoms with van der Waals surface area (Å²) in [4.78, 5) is 3.96. The Balaban J connectivity index is 1.67. The van der Waals surface area contributed by atoms with Crippen LogP contribution in [0, 0.1) is 11.8 Å². The Morgan fingerprint density at radius 2 is 1.81 bits per heavy atom. The molecule has 136 valence electrons. The standard InChI is InChI=1S/C25H25NS/c1-2-3-4-5-6-21-9-13-24-18-22(10-14-23(24)17-21)8-7-20-11-15-25(16-12-20)26-19-27/h9,11-13,15-18H,2-6,10,14H2,1H3. The van der Waals surface area contributed by atoms with Crippen molar-refractivity contribution in [2.45, 2.75) is 51.9 Å². The Morgan fingerprint density at radius 1 is 0.963 bits per heavy atom. The summed E-state index contributed by atoms with van der Waals surface area (Å²) < 4.78 is 0. The van der Waals surface area contributed by atoms with E-state index in [2.05, 4.69) is 65.4 Å². The van der Waals surface area contributed by atoms with Crippen LogP contribution in [0.25, 0.3) is 6.08 Å². The summed E-state index contributed by atoms with van der Waals surface area (Å²) in [6, 6.07) is 14.7. The first-order chi connectivity index (χ1) is 13.3. The van der Waals surface area contributed by atoms with Gasteiger partial charge in [-0.3, -0.25) is 0 Å². The van der Waals surface area contributed by atoms with Crippen molar-refractivity contribution in [3.63, 3.8) is 0 Å². The first-order valence-corrected chi connectivity index (χ1v) is 10.2. The molecule has 0 saturated heterocycles. The fraction of sp³-hybridized carbons (Fsp3) is 0.320. The summed E-state index contributed by atoms with van der Waals surface area (Å²) in [6.07, 6.45) is 10.8. The third-order valence-electron chi connectivity index (χ3n) is 4.93. The molecule has 0 atom stereocenters. The van der Waals surface area contributed by atoms with Crippen LogP contribution in [0.4, 0.5) is 5.69 Å². The maximum atomic E-state index is 4.62. The van der Waals surface area contributed by atoms with Crippen LogP contribution in [0.5, 0.6) is 0 Å². The predicted octanol–water partition coefficient (Wildman–Crippen LogP) is 6.93. The molecule has 0 N–H and O–H groups in total. The van der Waals surface area contributed by atoms with Crippen molar-refractivity contribution in [1.82, 2.24) is 0 Å². The van der Waals surface area contributed by atoms with E-state index in [4.69, 9.17) is 0 Å². The molecule has 2 aromatic carbocycles. The number of isothiocyanates is 1. The molecule has 0 saturated carbocycles. The SMILES string of the molecule is CCCCCCc1ccc2c(c1)CCC(C#Cc1ccc(N=C=S)cc1)=C2. The van der Waals surface area contributed by atoms with Gasteiger partial charge in [-0.1, -0.05) is 56.2 Å². The largest absolute Gasteiger partial charge is 0.195 e. The van der Waals surface area contributed by atoms with Crippen molar-refractivity contribution in [2.75, 3.05) is 0 Å². The lowest BCUT2D eigenvalue weighted by Gasteiger charge is -2.15. The second-order valence-electron chi connectivity index (χ2n) is 7.01. The van der Waals surface area contributed by atoms with E-state index in [1.54, 1.807) is 0 Å². The number of hydrogen-bond donors (Lipinski definition) is 0. The second kappa shape index (κ2) is 10.0. The van der Waals surface area contributed by atoms with Gasteiger partial charge >= 0.3 is 0 Å². The van der Waals surface area contributed by atoms with Gasteiger partial charge in [-0.15, -0.1) is 0 Å². The number of unbranched alkanes of at least 4 members (excludes halogenated alkanes) is 3. The molecular weight excluding hydrogens is 346 g/mol. The van der Waals surface area contributed by atoms with Crippen LogP contribution in [-0.2, 0) is 12.8 Å². The maximum Gasteiger partial charge on any atom is 0.0740 e. The molecule has 2 aromatic rings. The third-order valence-corrected chi connectivity index (χ3v) is 5.02. The number of aliphatic imine (C=N–C) groups is 1. The van der Waals surface area contributed by atoms with E-state index in [9.17, 15) is 0 Å². The highest BCUT2D eigenvalue weighted by atomic mass is 32.1. The van der Waals surface area contributed by atoms with E-state index in [0.29, 0.717) is 0 Å². The highest BCUT2D eigenvalue weighted by Gasteiger charge is 2.09. The number of fused-ring (bicyclic) bond motifs is 1. The third kappa shape index (κ3) is 5.76. The van der Waals surface area contributed by atoms with Gasteiger partial charge in [0.25, 0.3) is 0 Å². The minimum Gasteiger partial charge on any atom is -0.195 e. The number of thiocarbonyl (C=S) groups is 1. The first-order valence-electron chi connectivity index (χ1n) is 9.81. The van der Waals surface area contributed by atoms with Crippen LogP contribution >= 0.6 is 12.2 Å². The quantitative estimate of drug-likeness (QED) is 0.232. The van der Waals surface area contributed by atoms with Gasteiger partial charge in [0.1, 0.15) is 0 Å². The monoisotopic (exact) mass is 371 g/mol. The molecule has 3 rings (SSSR count). The minimum atomic E-state index is 0.812. The molecule has 0 aromatic heterocycles. The van der Waals surface area contributed by atoms with E-state index in [1.165, 1.54) is 54.4 Å². The Bertz CT molecular complexity index is 919. The first kappa shape index (κ1) is 19.3. The Morgan fingerprint density at radius 3 is 2.59 bits per heavy atom. The smallest absolute Gasteiger partial charge is 0.0740 e. The van der Waals surface area contributed by atoms with Crippen LogP contribution in [0.3, 0.4) is 0 Å². The zero-order chi connectivity index (χ0) is 18.9. The lowest BCUT2D eigenvalue weighted by Crippen LogP contribution is -2.00. The molecule has 0 heterocycles. The van der Waals surface area contributed by atoms with Gasteiger partial charge in [0.15, 0.2) is 0 Å². The van der Waals surface area contributed by atoms with Crippen LogP contribution < -0.4 is 0 Å². The van der Waals surface area contributed by atoms with Crippen LogP contribution in [0.1, 0.15) is 61.3 Å². The Hall–Kier alpha value is -2.46. The van der Waals surface area contributed by atoms with E-state index in [1.807, 2.05) is 24.3 Å². The van der Waals surface area contributed by atoms with Crippen molar-refractivity contribution < 1.29 is 0 Å². The van der Waals surface area contributed by atoms with Crippen LogP contribution in [0.2, 0.25) is 0 Å². The molecule has 0 spiro atoms. The van der Waals surface area contributed by atoms with Crippen molar-refractivity contribution in [3.05, 3.63) is 70.3 Å². The number of hydrogen-bond acceptors (Lipinski definition) is 2. The van der Waals surface area contributed by atoms with Gasteiger partial charge in [-0.2, -0.15) is 4.99 Å². The summed E-state index contributed by atoms with van der Waals surface area (Å²) in [6.45, 7) is 2.26. The predicted molar refractivity (Wildman–Crippen MR) is 119 cm³/mol. The molecular formula is C25H25NS. The van der Waals surface area contributed by atoms with Crippen LogP contribution in [0.15, 0.2) is 53.0 Å². The molecule has 0 amide bonds. The van der Waals surface area contributed by atoms with Crippen molar-refractivity contribution >= 4 is 29.1 Å². The van der Waals surface area contributed by atoms with E-state index in [-0.39, 0.29) is 0 Å². The molecule has 1 aliphatic carbocycles. The lowest BCUT2D eigenvalue weighted by molar-refractivity contribution is 0.666. The molecule has 0 radical (unpaired) electrons. The zero-order valence-corrected chi connectivity index (χ0v) is 16.7. The van der Waals surface area contributed by atoms with Crippen molar-refractivity contribution in [3.8, 4) is 11.8 Å². The lowest BCUT2D eigenvalue weighted by atomic mass is 9.90. The van der Waals surface area contributed by atoms with Gasteiger partial charge in [0, 0.05) is 11.1 Å². The topological polar surface area (TPSA) is 12.4 Å². The fourth-order valence-electron chi connectivity index (χ4n) is 3.38. The summed E-state index contributed by atoms with van der Waals surface area (Å²) in [7, 11) is 0. The summed E-state index contributed by atoms with van der Waals surface area (Å²) in [5.41, 5.74) is 7.29. The van der Waals surface area contributed by atoms with E-state index < -0.39 is 0 Å². The Labute approximate surface area is 168 Å². The second-order valence-corrected chi connectivity index (χ2v) is 7.20. The van der Waals surface area contributed by atoms with E-state index in [0.717, 1.165) is 24.1 Å². The summed E-state index contributed by atoms with van der Waals surface area (Å²) in [5, 5.41) is 2.38. The molecule has 1 nitrogen and oxygen atoms in total. The van der Waals surface area contributed by atoms with Crippen molar-refractivity contribution in [1.29, 1.82) is 0 Å². The number of rotatable bonds is 6. The number of benzene rings is 2. The van der Waals surface area contributed by atoms with Gasteiger partial charge < -0.3 is 0 Å². The molecule has 0 unspecified atom stereocenters. The van der Waals surface area contributed by atoms with Crippen molar-refractivity contribution in [2.24, 2.45) is 4.99 Å². The molecule has 0 fully saturated rings. The summed E-state index contributed by atoms with van der Waals surface area (Å²) >= 11 is 4.62. The number of nitrogens with zero attached hydrogens (tertiary/aromatic N) is 1. The average Bonchev–Trinajstić information content (AvgIpc) is 2.71. The van der Waals surface area contributed by atoms with Gasteiger partial charge in [-0.05, 0) is 84.9 Å². The highest BCUT2D eigenvalue weighted by molar-refractivity contribution is 7.78. The maximum absolute atomic E-state index is 4.62. The minimum absolute atomic E-state index is 0.812. The Kier molecular flexibility index (Phi) is 7.17. The number of allylic oxidation sites excluding steroid dienone is 1. The molecule has 2 heteroatoms. The van der Waals surface area contributed by atoms with Gasteiger partial charge in [0.2, 0.25) is 0 Å². The fourth-order valence-corrected chi connectivity index (χ4v) is 3.49. The zero-order valence-electron chi connectivity index (χ0n) is 15.9. The van der Waals surface area contributed by atoms with Crippen LogP contribution in [-0.4, -0.2) is 5.16 Å². The summed E-state index contributed by atoms with van der Waals surface area (Å²) in [5.74, 6) is 6.60. The number of aryl methyl sites for hydroxylation is 2. The highest BCUT2D eigenvalue weighted by Crippen LogP contribution is 2.25.